The average Bonchev–Trinajstić information content (AvgIpc) is 3.37. The number of thiophene rings is 1. The van der Waals surface area contributed by atoms with Crippen molar-refractivity contribution in [3.63, 3.8) is 0 Å². The number of urea groups is 1. The van der Waals surface area contributed by atoms with Gasteiger partial charge in [-0.25, -0.2) is 4.79 Å². The molecule has 6 nitrogen and oxygen atoms in total. The smallest absolute Gasteiger partial charge is 0.321 e. The second-order valence-electron chi connectivity index (χ2n) is 7.42. The predicted octanol–water partition coefficient (Wildman–Crippen LogP) is 3.29. The molecule has 1 aromatic heterocycles. The van der Waals surface area contributed by atoms with Crippen LogP contribution in [0, 0.1) is 5.92 Å². The summed E-state index contributed by atoms with van der Waals surface area (Å²) in [5, 5.41) is 16.9. The van der Waals surface area contributed by atoms with E-state index in [-0.39, 0.29) is 30.4 Å². The lowest BCUT2D eigenvalue weighted by Gasteiger charge is -2.29. The van der Waals surface area contributed by atoms with Crippen LogP contribution in [0.25, 0.3) is 0 Å². The van der Waals surface area contributed by atoms with Gasteiger partial charge in [0.1, 0.15) is 0 Å². The average molecular weight is 400 g/mol. The molecule has 0 saturated carbocycles. The lowest BCUT2D eigenvalue weighted by Crippen LogP contribution is -2.35. The third-order valence-corrected chi connectivity index (χ3v) is 6.48. The van der Waals surface area contributed by atoms with E-state index in [1.165, 1.54) is 5.56 Å². The van der Waals surface area contributed by atoms with Gasteiger partial charge in [-0.1, -0.05) is 0 Å². The number of likely N-dealkylation sites (tertiary alicyclic amines) is 1. The Morgan fingerprint density at radius 1 is 1.29 bits per heavy atom. The Bertz CT molecular complexity index is 868. The molecule has 2 aliphatic heterocycles. The first kappa shape index (κ1) is 19.0. The van der Waals surface area contributed by atoms with Crippen LogP contribution in [0.4, 0.5) is 16.2 Å². The molecule has 2 aliphatic rings. The molecule has 2 N–H and O–H groups in total. The van der Waals surface area contributed by atoms with Gasteiger partial charge in [0.15, 0.2) is 0 Å². The first-order valence-electron chi connectivity index (χ1n) is 9.73. The van der Waals surface area contributed by atoms with E-state index in [4.69, 9.17) is 0 Å². The van der Waals surface area contributed by atoms with Crippen molar-refractivity contribution in [1.82, 2.24) is 4.90 Å². The summed E-state index contributed by atoms with van der Waals surface area (Å²) in [7, 11) is 0. The van der Waals surface area contributed by atoms with Crippen molar-refractivity contribution in [3.8, 4) is 0 Å². The van der Waals surface area contributed by atoms with Gasteiger partial charge in [0.25, 0.3) is 0 Å². The van der Waals surface area contributed by atoms with Gasteiger partial charge < -0.3 is 20.2 Å². The second kappa shape index (κ2) is 7.93. The third kappa shape index (κ3) is 3.52. The largest absolute Gasteiger partial charge is 0.396 e. The van der Waals surface area contributed by atoms with Crippen molar-refractivity contribution in [1.29, 1.82) is 0 Å². The summed E-state index contributed by atoms with van der Waals surface area (Å²) in [6, 6.07) is 7.67. The minimum absolute atomic E-state index is 0.0630. The Hall–Kier alpha value is -2.38. The molecule has 0 radical (unpaired) electrons. The van der Waals surface area contributed by atoms with E-state index in [1.54, 1.807) is 21.1 Å². The van der Waals surface area contributed by atoms with Crippen LogP contribution in [-0.2, 0) is 11.2 Å². The van der Waals surface area contributed by atoms with Crippen molar-refractivity contribution in [2.75, 3.05) is 36.5 Å². The number of anilines is 2. The van der Waals surface area contributed by atoms with Crippen LogP contribution in [0.1, 0.15) is 30.4 Å². The standard InChI is InChI=1S/C21H25N3O3S/c1-2-24-19-5-4-17(9-14(19)3-6-20(24)26)22-21(27)23-10-16(12-25)18(11-23)15-7-8-28-13-15/h4-5,7-9,13,16,18,25H,2-3,6,10-12H2,1H3,(H,22,27)/t16-,18-/m0/s1. The van der Waals surface area contributed by atoms with Crippen molar-refractivity contribution >= 4 is 34.6 Å². The van der Waals surface area contributed by atoms with Crippen molar-refractivity contribution in [3.05, 3.63) is 46.2 Å². The molecule has 3 heterocycles. The maximum atomic E-state index is 12.8. The topological polar surface area (TPSA) is 72.9 Å². The Labute approximate surface area is 168 Å². The van der Waals surface area contributed by atoms with Crippen LogP contribution < -0.4 is 10.2 Å². The zero-order valence-corrected chi connectivity index (χ0v) is 16.7. The number of carbonyl (C=O) groups is 2. The van der Waals surface area contributed by atoms with Crippen LogP contribution >= 0.6 is 11.3 Å². The SMILES string of the molecule is CCN1C(=O)CCc2cc(NC(=O)N3C[C@@H](CO)[C@H](c4ccsc4)C3)ccc21. The molecular formula is C21H25N3O3S. The highest BCUT2D eigenvalue weighted by Crippen LogP contribution is 2.34. The van der Waals surface area contributed by atoms with E-state index < -0.39 is 0 Å². The fourth-order valence-corrected chi connectivity index (χ4v) is 5.00. The summed E-state index contributed by atoms with van der Waals surface area (Å²) in [6.45, 7) is 3.85. The molecule has 0 aliphatic carbocycles. The zero-order chi connectivity index (χ0) is 19.7. The number of rotatable bonds is 4. The summed E-state index contributed by atoms with van der Waals surface area (Å²) >= 11 is 1.64. The number of aliphatic hydroxyl groups is 1. The molecule has 0 bridgehead atoms. The lowest BCUT2D eigenvalue weighted by molar-refractivity contribution is -0.118. The van der Waals surface area contributed by atoms with Gasteiger partial charge in [-0.2, -0.15) is 11.3 Å². The number of nitrogens with zero attached hydrogens (tertiary/aromatic N) is 2. The van der Waals surface area contributed by atoms with Crippen molar-refractivity contribution in [2.24, 2.45) is 5.92 Å². The first-order chi connectivity index (χ1) is 13.6. The maximum Gasteiger partial charge on any atom is 0.321 e. The van der Waals surface area contributed by atoms with Crippen molar-refractivity contribution < 1.29 is 14.7 Å². The number of aliphatic hydroxyl groups excluding tert-OH is 1. The number of amides is 3. The number of benzene rings is 1. The van der Waals surface area contributed by atoms with Gasteiger partial charge in [0.2, 0.25) is 5.91 Å². The summed E-state index contributed by atoms with van der Waals surface area (Å²) in [5.74, 6) is 0.390. The fourth-order valence-electron chi connectivity index (χ4n) is 4.27. The molecule has 1 aromatic carbocycles. The summed E-state index contributed by atoms with van der Waals surface area (Å²) < 4.78 is 0. The van der Waals surface area contributed by atoms with E-state index in [0.717, 1.165) is 16.9 Å². The normalized spacial score (nSPS) is 21.7. The minimum atomic E-state index is -0.143. The molecular weight excluding hydrogens is 374 g/mol. The van der Waals surface area contributed by atoms with E-state index >= 15 is 0 Å². The minimum Gasteiger partial charge on any atom is -0.396 e. The number of hydrogen-bond donors (Lipinski definition) is 2. The molecule has 7 heteroatoms. The number of nitrogens with one attached hydrogen (secondary N) is 1. The third-order valence-electron chi connectivity index (χ3n) is 5.78. The molecule has 1 saturated heterocycles. The fraction of sp³-hybridized carbons (Fsp3) is 0.429. The van der Waals surface area contributed by atoms with E-state index in [1.807, 2.05) is 30.5 Å². The molecule has 0 unspecified atom stereocenters. The quantitative estimate of drug-likeness (QED) is 0.829. The number of aryl methyl sites for hydroxylation is 1. The van der Waals surface area contributed by atoms with Gasteiger partial charge in [0, 0.05) is 55.9 Å². The highest BCUT2D eigenvalue weighted by atomic mass is 32.1. The summed E-state index contributed by atoms with van der Waals surface area (Å²) in [6.07, 6.45) is 1.20. The maximum absolute atomic E-state index is 12.8. The molecule has 1 fully saturated rings. The van der Waals surface area contributed by atoms with Gasteiger partial charge in [-0.05, 0) is 59.5 Å². The molecule has 28 heavy (non-hydrogen) atoms. The van der Waals surface area contributed by atoms with Crippen LogP contribution in [0.3, 0.4) is 0 Å². The summed E-state index contributed by atoms with van der Waals surface area (Å²) in [5.41, 5.74) is 3.96. The lowest BCUT2D eigenvalue weighted by atomic mass is 9.92. The Kier molecular flexibility index (Phi) is 5.37. The van der Waals surface area contributed by atoms with E-state index in [0.29, 0.717) is 32.5 Å². The van der Waals surface area contributed by atoms with E-state index in [9.17, 15) is 14.7 Å². The molecule has 0 spiro atoms. The highest BCUT2D eigenvalue weighted by Gasteiger charge is 2.36. The first-order valence-corrected chi connectivity index (χ1v) is 10.7. The number of fused-ring (bicyclic) bond motifs is 1. The number of hydrogen-bond acceptors (Lipinski definition) is 4. The molecule has 4 rings (SSSR count). The van der Waals surface area contributed by atoms with Crippen LogP contribution in [0.2, 0.25) is 0 Å². The predicted molar refractivity (Wildman–Crippen MR) is 111 cm³/mol. The Morgan fingerprint density at radius 3 is 2.86 bits per heavy atom. The number of carbonyl (C=O) groups excluding carboxylic acids is 2. The Morgan fingerprint density at radius 2 is 2.14 bits per heavy atom. The molecule has 2 atom stereocenters. The van der Waals surface area contributed by atoms with Gasteiger partial charge in [-0.3, -0.25) is 4.79 Å². The zero-order valence-electron chi connectivity index (χ0n) is 15.9. The van der Waals surface area contributed by atoms with E-state index in [2.05, 4.69) is 16.8 Å². The summed E-state index contributed by atoms with van der Waals surface area (Å²) in [4.78, 5) is 28.4. The van der Waals surface area contributed by atoms with Crippen LogP contribution in [-0.4, -0.2) is 48.2 Å². The molecule has 148 valence electrons. The van der Waals surface area contributed by atoms with Crippen LogP contribution in [0.15, 0.2) is 35.0 Å². The van der Waals surface area contributed by atoms with Gasteiger partial charge >= 0.3 is 6.03 Å². The Balaban J connectivity index is 1.46. The van der Waals surface area contributed by atoms with Gasteiger partial charge in [-0.15, -0.1) is 0 Å². The second-order valence-corrected chi connectivity index (χ2v) is 8.20. The monoisotopic (exact) mass is 399 g/mol. The van der Waals surface area contributed by atoms with Crippen LogP contribution in [0.5, 0.6) is 0 Å². The molecule has 3 amide bonds. The molecule has 2 aromatic rings. The van der Waals surface area contributed by atoms with Gasteiger partial charge in [0.05, 0.1) is 0 Å². The van der Waals surface area contributed by atoms with Crippen molar-refractivity contribution in [2.45, 2.75) is 25.7 Å². The highest BCUT2D eigenvalue weighted by molar-refractivity contribution is 7.08.